The quantitative estimate of drug-likeness (QED) is 0.789. The lowest BCUT2D eigenvalue weighted by Crippen LogP contribution is -2.38. The predicted octanol–water partition coefficient (Wildman–Crippen LogP) is 2.94. The second-order valence-electron chi connectivity index (χ2n) is 5.73. The highest BCUT2D eigenvalue weighted by Crippen LogP contribution is 2.27. The maximum absolute atomic E-state index is 13.2. The Bertz CT molecular complexity index is 764. The first-order valence-electron chi connectivity index (χ1n) is 8.52. The number of hydrogen-bond acceptors (Lipinski definition) is 3. The number of amides is 2. The molecule has 0 aliphatic rings. The zero-order chi connectivity index (χ0) is 18.9. The minimum absolute atomic E-state index is 0.0906. The van der Waals surface area contributed by atoms with Crippen molar-refractivity contribution >= 4 is 17.5 Å². The summed E-state index contributed by atoms with van der Waals surface area (Å²) in [5.74, 6) is -0.115. The average molecular weight is 358 g/mol. The lowest BCUT2D eigenvalue weighted by atomic mass is 10.1. The molecule has 0 fully saturated rings. The van der Waals surface area contributed by atoms with Gasteiger partial charge in [-0.3, -0.25) is 9.59 Å². The molecule has 0 bridgehead atoms. The van der Waals surface area contributed by atoms with Gasteiger partial charge in [-0.25, -0.2) is 4.39 Å². The Kier molecular flexibility index (Phi) is 7.14. The number of rotatable bonds is 8. The maximum atomic E-state index is 13.2. The molecule has 2 aromatic carbocycles. The number of nitrogens with zero attached hydrogens (tertiary/aromatic N) is 1. The Morgan fingerprint density at radius 3 is 2.62 bits per heavy atom. The molecule has 0 spiro atoms. The van der Waals surface area contributed by atoms with Crippen molar-refractivity contribution in [3.63, 3.8) is 0 Å². The number of ether oxygens (including phenoxy) is 1. The third-order valence-electron chi connectivity index (χ3n) is 3.75. The van der Waals surface area contributed by atoms with E-state index in [9.17, 15) is 14.0 Å². The molecule has 5 nitrogen and oxygen atoms in total. The van der Waals surface area contributed by atoms with Gasteiger partial charge in [0.1, 0.15) is 11.6 Å². The Morgan fingerprint density at radius 2 is 1.92 bits per heavy atom. The first-order valence-corrected chi connectivity index (χ1v) is 8.52. The van der Waals surface area contributed by atoms with Gasteiger partial charge in [0.2, 0.25) is 11.8 Å². The summed E-state index contributed by atoms with van der Waals surface area (Å²) in [6.07, 6.45) is 0.0906. The number of benzene rings is 2. The first-order chi connectivity index (χ1) is 12.5. The molecule has 0 aromatic heterocycles. The molecule has 1 N–H and O–H groups in total. The fraction of sp³-hybridized carbons (Fsp3) is 0.300. The van der Waals surface area contributed by atoms with Crippen LogP contribution in [0.4, 0.5) is 10.1 Å². The summed E-state index contributed by atoms with van der Waals surface area (Å²) < 4.78 is 18.7. The first kappa shape index (κ1) is 19.4. The largest absolute Gasteiger partial charge is 0.492 e. The van der Waals surface area contributed by atoms with E-state index in [0.29, 0.717) is 30.2 Å². The molecule has 0 aliphatic carbocycles. The van der Waals surface area contributed by atoms with E-state index in [1.165, 1.54) is 19.1 Å². The van der Waals surface area contributed by atoms with Gasteiger partial charge in [-0.1, -0.05) is 24.3 Å². The van der Waals surface area contributed by atoms with Crippen LogP contribution in [0.2, 0.25) is 0 Å². The second-order valence-corrected chi connectivity index (χ2v) is 5.73. The van der Waals surface area contributed by atoms with Gasteiger partial charge in [0, 0.05) is 20.0 Å². The Morgan fingerprint density at radius 1 is 1.15 bits per heavy atom. The number of halogens is 1. The number of nitrogens with one attached hydrogen (secondary N) is 1. The molecule has 26 heavy (non-hydrogen) atoms. The van der Waals surface area contributed by atoms with Crippen molar-refractivity contribution in [2.45, 2.75) is 20.3 Å². The minimum atomic E-state index is -0.370. The van der Waals surface area contributed by atoms with Crippen molar-refractivity contribution in [1.82, 2.24) is 5.32 Å². The summed E-state index contributed by atoms with van der Waals surface area (Å²) in [5.41, 5.74) is 1.27. The van der Waals surface area contributed by atoms with Gasteiger partial charge in [-0.15, -0.1) is 0 Å². The van der Waals surface area contributed by atoms with E-state index in [1.54, 1.807) is 29.2 Å². The van der Waals surface area contributed by atoms with Gasteiger partial charge >= 0.3 is 0 Å². The van der Waals surface area contributed by atoms with E-state index in [2.05, 4.69) is 5.32 Å². The van der Waals surface area contributed by atoms with Crippen LogP contribution in [0.1, 0.15) is 19.4 Å². The van der Waals surface area contributed by atoms with Crippen LogP contribution < -0.4 is 15.0 Å². The number of carbonyl (C=O) groups is 2. The molecule has 2 amide bonds. The van der Waals surface area contributed by atoms with Gasteiger partial charge in [0.15, 0.2) is 0 Å². The van der Waals surface area contributed by atoms with Crippen molar-refractivity contribution in [3.05, 3.63) is 59.9 Å². The number of anilines is 1. The highest BCUT2D eigenvalue weighted by molar-refractivity contribution is 5.93. The lowest BCUT2D eigenvalue weighted by molar-refractivity contribution is -0.121. The van der Waals surface area contributed by atoms with Gasteiger partial charge in [0.25, 0.3) is 0 Å². The zero-order valence-corrected chi connectivity index (χ0v) is 15.0. The highest BCUT2D eigenvalue weighted by atomic mass is 19.1. The second kappa shape index (κ2) is 9.56. The Labute approximate surface area is 152 Å². The van der Waals surface area contributed by atoms with Crippen LogP contribution in [-0.4, -0.2) is 31.5 Å². The van der Waals surface area contributed by atoms with E-state index in [0.717, 1.165) is 0 Å². The smallest absolute Gasteiger partial charge is 0.224 e. The molecule has 138 valence electrons. The van der Waals surface area contributed by atoms with Crippen molar-refractivity contribution in [1.29, 1.82) is 0 Å². The van der Waals surface area contributed by atoms with Gasteiger partial charge in [-0.05, 0) is 36.8 Å². The SMILES string of the molecule is CCOc1ccccc1N(CCNC(=O)Cc1cccc(F)c1)C(C)=O. The molecule has 0 aliphatic heterocycles. The molecule has 2 rings (SSSR count). The van der Waals surface area contributed by atoms with E-state index in [4.69, 9.17) is 4.74 Å². The molecule has 2 aromatic rings. The molecule has 0 saturated carbocycles. The van der Waals surface area contributed by atoms with Gasteiger partial charge < -0.3 is 15.0 Å². The van der Waals surface area contributed by atoms with E-state index in [-0.39, 0.29) is 30.6 Å². The molecule has 0 heterocycles. The van der Waals surface area contributed by atoms with Crippen LogP contribution in [0, 0.1) is 5.82 Å². The van der Waals surface area contributed by atoms with Crippen molar-refractivity contribution in [2.24, 2.45) is 0 Å². The summed E-state index contributed by atoms with van der Waals surface area (Å²) in [6.45, 7) is 4.44. The summed E-state index contributed by atoms with van der Waals surface area (Å²) in [7, 11) is 0. The van der Waals surface area contributed by atoms with Crippen molar-refractivity contribution in [3.8, 4) is 5.75 Å². The normalized spacial score (nSPS) is 10.3. The zero-order valence-electron chi connectivity index (χ0n) is 15.0. The van der Waals surface area contributed by atoms with E-state index < -0.39 is 0 Å². The molecule has 0 saturated heterocycles. The highest BCUT2D eigenvalue weighted by Gasteiger charge is 2.16. The van der Waals surface area contributed by atoms with Crippen LogP contribution >= 0.6 is 0 Å². The van der Waals surface area contributed by atoms with Crippen LogP contribution in [-0.2, 0) is 16.0 Å². The minimum Gasteiger partial charge on any atom is -0.492 e. The fourth-order valence-electron chi connectivity index (χ4n) is 2.61. The monoisotopic (exact) mass is 358 g/mol. The number of para-hydroxylation sites is 2. The summed E-state index contributed by atoms with van der Waals surface area (Å²) >= 11 is 0. The van der Waals surface area contributed by atoms with Gasteiger partial charge in [0.05, 0.1) is 18.7 Å². The predicted molar refractivity (Wildman–Crippen MR) is 98.8 cm³/mol. The molecule has 0 atom stereocenters. The molecular weight excluding hydrogens is 335 g/mol. The summed E-state index contributed by atoms with van der Waals surface area (Å²) in [5, 5.41) is 2.76. The van der Waals surface area contributed by atoms with Crippen molar-refractivity contribution in [2.75, 3.05) is 24.6 Å². The molecule has 6 heteroatoms. The van der Waals surface area contributed by atoms with E-state index in [1.807, 2.05) is 19.1 Å². The van der Waals surface area contributed by atoms with Crippen LogP contribution in [0.25, 0.3) is 0 Å². The Hall–Kier alpha value is -2.89. The standard InChI is InChI=1S/C20H23FN2O3/c1-3-26-19-10-5-4-9-18(19)23(15(2)24)12-11-22-20(25)14-16-7-6-8-17(21)13-16/h4-10,13H,3,11-12,14H2,1-2H3,(H,22,25). The van der Waals surface area contributed by atoms with E-state index >= 15 is 0 Å². The third-order valence-corrected chi connectivity index (χ3v) is 3.75. The lowest BCUT2D eigenvalue weighted by Gasteiger charge is -2.23. The fourth-order valence-corrected chi connectivity index (χ4v) is 2.61. The maximum Gasteiger partial charge on any atom is 0.224 e. The molecule has 0 unspecified atom stereocenters. The summed E-state index contributed by atoms with van der Waals surface area (Å²) in [6, 6.07) is 13.2. The third kappa shape index (κ3) is 5.58. The average Bonchev–Trinajstić information content (AvgIpc) is 2.59. The number of carbonyl (C=O) groups excluding carboxylic acids is 2. The topological polar surface area (TPSA) is 58.6 Å². The summed E-state index contributed by atoms with van der Waals surface area (Å²) in [4.78, 5) is 25.6. The van der Waals surface area contributed by atoms with Gasteiger partial charge in [-0.2, -0.15) is 0 Å². The van der Waals surface area contributed by atoms with Crippen LogP contribution in [0.15, 0.2) is 48.5 Å². The Balaban J connectivity index is 1.95. The molecule has 0 radical (unpaired) electrons. The molecular formula is C20H23FN2O3. The van der Waals surface area contributed by atoms with Crippen LogP contribution in [0.3, 0.4) is 0 Å². The van der Waals surface area contributed by atoms with Crippen LogP contribution in [0.5, 0.6) is 5.75 Å². The van der Waals surface area contributed by atoms with Crippen molar-refractivity contribution < 1.29 is 18.7 Å². The number of hydrogen-bond donors (Lipinski definition) is 1.